The van der Waals surface area contributed by atoms with Crippen molar-refractivity contribution in [3.8, 4) is 0 Å². The van der Waals surface area contributed by atoms with E-state index in [-0.39, 0.29) is 12.7 Å². The van der Waals surface area contributed by atoms with Crippen molar-refractivity contribution in [2.45, 2.75) is 46.1 Å². The van der Waals surface area contributed by atoms with Crippen LogP contribution >= 0.6 is 11.6 Å². The Morgan fingerprint density at radius 1 is 1.47 bits per heavy atom. The Labute approximate surface area is 97.3 Å². The van der Waals surface area contributed by atoms with Crippen molar-refractivity contribution < 1.29 is 9.53 Å². The first-order chi connectivity index (χ1) is 7.00. The molecular formula is C12H21ClO2. The Balaban J connectivity index is 2.50. The predicted octanol–water partition coefficient (Wildman–Crippen LogP) is 3.23. The van der Waals surface area contributed by atoms with E-state index in [9.17, 15) is 4.79 Å². The first-order valence-electron chi connectivity index (χ1n) is 5.80. The van der Waals surface area contributed by atoms with Gasteiger partial charge in [-0.1, -0.05) is 27.2 Å². The number of hydrogen-bond acceptors (Lipinski definition) is 2. The lowest BCUT2D eigenvalue weighted by Gasteiger charge is -2.36. The summed E-state index contributed by atoms with van der Waals surface area (Å²) >= 11 is 5.30. The van der Waals surface area contributed by atoms with Crippen LogP contribution in [0.3, 0.4) is 0 Å². The average Bonchev–Trinajstić information content (AvgIpc) is 2.14. The molecule has 2 nitrogen and oxygen atoms in total. The number of hydrogen-bond donors (Lipinski definition) is 0. The summed E-state index contributed by atoms with van der Waals surface area (Å²) in [5.74, 6) is 1.90. The maximum absolute atomic E-state index is 10.7. The SMILES string of the molecule is CC(C)[C@H]1CC[C@H](C)C[C@H]1OCC(=O)Cl. The first-order valence-corrected chi connectivity index (χ1v) is 6.18. The highest BCUT2D eigenvalue weighted by Gasteiger charge is 2.31. The fourth-order valence-electron chi connectivity index (χ4n) is 2.48. The van der Waals surface area contributed by atoms with E-state index >= 15 is 0 Å². The molecule has 0 unspecified atom stereocenters. The second kappa shape index (κ2) is 5.86. The Bertz CT molecular complexity index is 216. The summed E-state index contributed by atoms with van der Waals surface area (Å²) in [6, 6.07) is 0. The van der Waals surface area contributed by atoms with Gasteiger partial charge in [0.15, 0.2) is 0 Å². The molecule has 15 heavy (non-hydrogen) atoms. The van der Waals surface area contributed by atoms with Crippen LogP contribution in [0.4, 0.5) is 0 Å². The maximum Gasteiger partial charge on any atom is 0.247 e. The van der Waals surface area contributed by atoms with Gasteiger partial charge in [0, 0.05) is 0 Å². The lowest BCUT2D eigenvalue weighted by atomic mass is 9.75. The normalized spacial score (nSPS) is 31.9. The molecule has 0 amide bonds. The van der Waals surface area contributed by atoms with E-state index < -0.39 is 5.24 Å². The van der Waals surface area contributed by atoms with Gasteiger partial charge in [-0.15, -0.1) is 0 Å². The Morgan fingerprint density at radius 2 is 2.13 bits per heavy atom. The van der Waals surface area contributed by atoms with Gasteiger partial charge in [-0.05, 0) is 42.2 Å². The number of halogens is 1. The van der Waals surface area contributed by atoms with Crippen LogP contribution in [0.5, 0.6) is 0 Å². The summed E-state index contributed by atoms with van der Waals surface area (Å²) < 4.78 is 5.61. The lowest BCUT2D eigenvalue weighted by Crippen LogP contribution is -2.35. The minimum absolute atomic E-state index is 0.0577. The molecule has 0 aromatic heterocycles. The van der Waals surface area contributed by atoms with Gasteiger partial charge >= 0.3 is 0 Å². The maximum atomic E-state index is 10.7. The summed E-state index contributed by atoms with van der Waals surface area (Å²) in [7, 11) is 0. The van der Waals surface area contributed by atoms with Gasteiger partial charge in [0.1, 0.15) is 6.61 Å². The fraction of sp³-hybridized carbons (Fsp3) is 0.917. The molecular weight excluding hydrogens is 212 g/mol. The van der Waals surface area contributed by atoms with E-state index in [0.29, 0.717) is 17.8 Å². The molecule has 0 heterocycles. The summed E-state index contributed by atoms with van der Waals surface area (Å²) in [5.41, 5.74) is 0. The van der Waals surface area contributed by atoms with Crippen molar-refractivity contribution >= 4 is 16.8 Å². The van der Waals surface area contributed by atoms with Gasteiger partial charge < -0.3 is 4.74 Å². The van der Waals surface area contributed by atoms with Gasteiger partial charge in [-0.2, -0.15) is 0 Å². The molecule has 0 aliphatic heterocycles. The molecule has 1 fully saturated rings. The van der Waals surface area contributed by atoms with E-state index in [1.807, 2.05) is 0 Å². The Morgan fingerprint density at radius 3 is 2.67 bits per heavy atom. The zero-order valence-corrected chi connectivity index (χ0v) is 10.6. The molecule has 0 spiro atoms. The topological polar surface area (TPSA) is 26.3 Å². The third-order valence-corrected chi connectivity index (χ3v) is 3.48. The van der Waals surface area contributed by atoms with Crippen LogP contribution in [0.1, 0.15) is 40.0 Å². The summed E-state index contributed by atoms with van der Waals surface area (Å²) in [4.78, 5) is 10.7. The molecule has 88 valence electrons. The molecule has 0 saturated heterocycles. The molecule has 3 atom stereocenters. The summed E-state index contributed by atoms with van der Waals surface area (Å²) in [6.07, 6.45) is 3.77. The van der Waals surface area contributed by atoms with E-state index in [1.54, 1.807) is 0 Å². The molecule has 0 aromatic carbocycles. The summed E-state index contributed by atoms with van der Waals surface area (Å²) in [5, 5.41) is -0.393. The van der Waals surface area contributed by atoms with Crippen LogP contribution in [0.15, 0.2) is 0 Å². The first kappa shape index (κ1) is 13.0. The van der Waals surface area contributed by atoms with E-state index in [1.165, 1.54) is 12.8 Å². The molecule has 0 aromatic rings. The van der Waals surface area contributed by atoms with Gasteiger partial charge in [0.25, 0.3) is 0 Å². The van der Waals surface area contributed by atoms with E-state index in [2.05, 4.69) is 20.8 Å². The van der Waals surface area contributed by atoms with Gasteiger partial charge in [-0.25, -0.2) is 0 Å². The molecule has 1 aliphatic rings. The largest absolute Gasteiger partial charge is 0.369 e. The second-order valence-electron chi connectivity index (χ2n) is 5.03. The van der Waals surface area contributed by atoms with Gasteiger partial charge in [0.2, 0.25) is 5.24 Å². The number of carbonyl (C=O) groups excluding carboxylic acids is 1. The highest BCUT2D eigenvalue weighted by atomic mass is 35.5. The van der Waals surface area contributed by atoms with Crippen LogP contribution < -0.4 is 0 Å². The predicted molar refractivity (Wildman–Crippen MR) is 61.9 cm³/mol. The molecule has 1 rings (SSSR count). The summed E-state index contributed by atoms with van der Waals surface area (Å²) in [6.45, 7) is 6.75. The van der Waals surface area contributed by atoms with Crippen molar-refractivity contribution in [1.29, 1.82) is 0 Å². The highest BCUT2D eigenvalue weighted by molar-refractivity contribution is 6.63. The van der Waals surface area contributed by atoms with Crippen molar-refractivity contribution in [3.63, 3.8) is 0 Å². The van der Waals surface area contributed by atoms with Crippen molar-refractivity contribution in [2.75, 3.05) is 6.61 Å². The Kier molecular flexibility index (Phi) is 5.07. The zero-order valence-electron chi connectivity index (χ0n) is 9.83. The molecule has 1 aliphatic carbocycles. The fourth-order valence-corrected chi connectivity index (χ4v) is 2.54. The van der Waals surface area contributed by atoms with Crippen LogP contribution in [0, 0.1) is 17.8 Å². The quantitative estimate of drug-likeness (QED) is 0.696. The van der Waals surface area contributed by atoms with Crippen molar-refractivity contribution in [1.82, 2.24) is 0 Å². The highest BCUT2D eigenvalue weighted by Crippen LogP contribution is 2.35. The monoisotopic (exact) mass is 232 g/mol. The standard InChI is InChI=1S/C12H21ClO2/c1-8(2)10-5-4-9(3)6-11(10)15-7-12(13)14/h8-11H,4-7H2,1-3H3/t9-,10+,11+/m0/s1. The lowest BCUT2D eigenvalue weighted by molar-refractivity contribution is -0.121. The Hall–Kier alpha value is -0.0800. The molecule has 0 N–H and O–H groups in total. The molecule has 0 bridgehead atoms. The van der Waals surface area contributed by atoms with E-state index in [4.69, 9.17) is 16.3 Å². The number of ether oxygens (including phenoxy) is 1. The molecule has 0 radical (unpaired) electrons. The van der Waals surface area contributed by atoms with Crippen molar-refractivity contribution in [2.24, 2.45) is 17.8 Å². The minimum Gasteiger partial charge on any atom is -0.369 e. The smallest absolute Gasteiger partial charge is 0.247 e. The van der Waals surface area contributed by atoms with Crippen LogP contribution in [-0.2, 0) is 9.53 Å². The third-order valence-electron chi connectivity index (χ3n) is 3.37. The molecule has 1 saturated carbocycles. The van der Waals surface area contributed by atoms with Crippen LogP contribution in [-0.4, -0.2) is 18.0 Å². The third kappa shape index (κ3) is 4.12. The second-order valence-corrected chi connectivity index (χ2v) is 5.45. The van der Waals surface area contributed by atoms with Gasteiger partial charge in [-0.3, -0.25) is 4.79 Å². The molecule has 3 heteroatoms. The van der Waals surface area contributed by atoms with Crippen molar-refractivity contribution in [3.05, 3.63) is 0 Å². The number of rotatable bonds is 4. The van der Waals surface area contributed by atoms with E-state index in [0.717, 1.165) is 6.42 Å². The minimum atomic E-state index is -0.393. The van der Waals surface area contributed by atoms with Crippen LogP contribution in [0.25, 0.3) is 0 Å². The zero-order chi connectivity index (χ0) is 11.4. The average molecular weight is 233 g/mol. The van der Waals surface area contributed by atoms with Gasteiger partial charge in [0.05, 0.1) is 6.10 Å². The number of carbonyl (C=O) groups is 1. The van der Waals surface area contributed by atoms with Crippen LogP contribution in [0.2, 0.25) is 0 Å².